The lowest BCUT2D eigenvalue weighted by molar-refractivity contribution is -0.169. The molecular formula is C39H50ClF2N5O7. The molecule has 1 spiro atoms. The number of methoxy groups -OCH3 is 2. The predicted molar refractivity (Wildman–Crippen MR) is 197 cm³/mol. The highest BCUT2D eigenvalue weighted by atomic mass is 35.5. The van der Waals surface area contributed by atoms with E-state index in [1.807, 2.05) is 0 Å². The number of amides is 2. The zero-order valence-corrected chi connectivity index (χ0v) is 32.1. The number of hydrazine groups is 1. The minimum atomic E-state index is -2.94. The molecule has 2 aliphatic heterocycles. The molecule has 15 heteroatoms. The van der Waals surface area contributed by atoms with Gasteiger partial charge in [-0.05, 0) is 74.3 Å². The van der Waals surface area contributed by atoms with Crippen LogP contribution in [0.15, 0.2) is 41.7 Å². The Morgan fingerprint density at radius 2 is 1.85 bits per heavy atom. The highest BCUT2D eigenvalue weighted by Crippen LogP contribution is 2.54. The van der Waals surface area contributed by atoms with Crippen molar-refractivity contribution in [2.24, 2.45) is 28.3 Å². The van der Waals surface area contributed by atoms with Crippen LogP contribution in [0.1, 0.15) is 74.6 Å². The predicted octanol–water partition coefficient (Wildman–Crippen LogP) is 5.36. The molecular weight excluding hydrogens is 724 g/mol. The van der Waals surface area contributed by atoms with Gasteiger partial charge in [0.05, 0.1) is 37.3 Å². The summed E-state index contributed by atoms with van der Waals surface area (Å²) in [5, 5.41) is 1.22. The Morgan fingerprint density at radius 1 is 1.09 bits per heavy atom. The number of benzene rings is 2. The fourth-order valence-electron chi connectivity index (χ4n) is 8.43. The van der Waals surface area contributed by atoms with Crippen molar-refractivity contribution in [2.75, 3.05) is 47.5 Å². The Balaban J connectivity index is 1.32. The zero-order chi connectivity index (χ0) is 38.9. The number of hydrogen-bond donors (Lipinski definition) is 2. The summed E-state index contributed by atoms with van der Waals surface area (Å²) < 4.78 is 50.5. The van der Waals surface area contributed by atoms with E-state index in [0.717, 1.165) is 36.3 Å². The van der Waals surface area contributed by atoms with Crippen LogP contribution in [0.2, 0.25) is 5.02 Å². The molecule has 2 aromatic rings. The third-order valence-corrected chi connectivity index (χ3v) is 12.1. The monoisotopic (exact) mass is 773 g/mol. The Kier molecular flexibility index (Phi) is 11.5. The van der Waals surface area contributed by atoms with Gasteiger partial charge in [-0.15, -0.1) is 0 Å². The summed E-state index contributed by atoms with van der Waals surface area (Å²) in [4.78, 5) is 46.0. The topological polar surface area (TPSA) is 150 Å². The first kappa shape index (κ1) is 39.4. The summed E-state index contributed by atoms with van der Waals surface area (Å²) in [6.07, 6.45) is 2.26. The van der Waals surface area contributed by atoms with Gasteiger partial charge in [-0.25, -0.2) is 14.6 Å². The number of fused-ring (bicyclic) bond motifs is 1. The molecule has 0 bridgehead atoms. The fraction of sp³-hybridized carbons (Fsp3) is 0.564. The van der Waals surface area contributed by atoms with Crippen molar-refractivity contribution in [1.29, 1.82) is 0 Å². The molecule has 4 N–H and O–H groups in total. The standard InChI is InChI=1S/C39H50ClF2N5O7/c1-38(37(50)54-20-23-8-9-24(51-3)17-31(23)52-4)13-6-5-7-26(38)36(49)47-16-12-25-27(40)10-11-30(53-21-28(43)34(35(41)42)45(2)44)33(25)29(47)19-46-22-39(14-15-39)18-32(46)48/h8-11,17,26,29,35H,5-7,12-16,18-22,43-44H2,1-4H3/b34-28-/t26?,29?,38-/m0/s1. The van der Waals surface area contributed by atoms with Gasteiger partial charge in [0.1, 0.15) is 36.2 Å². The molecule has 2 aliphatic carbocycles. The maximum atomic E-state index is 15.0. The Hall–Kier alpha value is -4.30. The molecule has 0 radical (unpaired) electrons. The van der Waals surface area contributed by atoms with Gasteiger partial charge in [0, 0.05) is 55.3 Å². The SMILES string of the molecule is COc1ccc(COC(=O)[C@@]2(C)CCCCC2C(=O)N2CCc3c(Cl)ccc(OC/C(N)=C(\C(F)F)N(C)N)c3C2CN2CC3(CC3)CC2=O)c(OC)c1. The molecule has 1 saturated heterocycles. The number of nitrogens with zero attached hydrogens (tertiary/aromatic N) is 3. The van der Waals surface area contributed by atoms with Crippen LogP contribution in [0.4, 0.5) is 8.78 Å². The first-order valence-corrected chi connectivity index (χ1v) is 18.7. The molecule has 12 nitrogen and oxygen atoms in total. The summed E-state index contributed by atoms with van der Waals surface area (Å²) in [5.41, 5.74) is 6.06. The molecule has 6 rings (SSSR count). The van der Waals surface area contributed by atoms with Crippen molar-refractivity contribution in [2.45, 2.75) is 77.4 Å². The molecule has 2 aromatic carbocycles. The second-order valence-electron chi connectivity index (χ2n) is 15.3. The van der Waals surface area contributed by atoms with E-state index < -0.39 is 42.1 Å². The largest absolute Gasteiger partial charge is 0.497 e. The maximum Gasteiger partial charge on any atom is 0.312 e. The quantitative estimate of drug-likeness (QED) is 0.155. The summed E-state index contributed by atoms with van der Waals surface area (Å²) in [6.45, 7) is 2.38. The van der Waals surface area contributed by atoms with Crippen molar-refractivity contribution in [1.82, 2.24) is 14.8 Å². The number of carbonyl (C=O) groups is 3. The molecule has 3 atom stereocenters. The van der Waals surface area contributed by atoms with Crippen LogP contribution in [0.25, 0.3) is 0 Å². The second kappa shape index (κ2) is 15.8. The number of allylic oxidation sites excluding steroid dienone is 1. The molecule has 2 amide bonds. The summed E-state index contributed by atoms with van der Waals surface area (Å²) in [7, 11) is 4.35. The van der Waals surface area contributed by atoms with Gasteiger partial charge < -0.3 is 39.5 Å². The summed E-state index contributed by atoms with van der Waals surface area (Å²) in [6, 6.07) is 7.84. The molecule has 3 fully saturated rings. The highest BCUT2D eigenvalue weighted by Gasteiger charge is 2.54. The van der Waals surface area contributed by atoms with Crippen LogP contribution in [0.5, 0.6) is 17.2 Å². The number of alkyl halides is 2. The van der Waals surface area contributed by atoms with Gasteiger partial charge in [-0.2, -0.15) is 0 Å². The third-order valence-electron chi connectivity index (χ3n) is 11.7. The van der Waals surface area contributed by atoms with E-state index >= 15 is 4.79 Å². The lowest BCUT2D eigenvalue weighted by Gasteiger charge is -2.45. The van der Waals surface area contributed by atoms with Gasteiger partial charge in [0.15, 0.2) is 0 Å². The van der Waals surface area contributed by atoms with E-state index in [1.54, 1.807) is 54.2 Å². The second-order valence-corrected chi connectivity index (χ2v) is 15.7. The lowest BCUT2D eigenvalue weighted by atomic mass is 9.66. The van der Waals surface area contributed by atoms with Gasteiger partial charge in [0.25, 0.3) is 6.43 Å². The number of hydrogen-bond acceptors (Lipinski definition) is 10. The number of halogens is 3. The smallest absolute Gasteiger partial charge is 0.312 e. The number of likely N-dealkylation sites (tertiary alicyclic amines) is 1. The average molecular weight is 774 g/mol. The number of ether oxygens (including phenoxy) is 4. The molecule has 2 saturated carbocycles. The van der Waals surface area contributed by atoms with Crippen molar-refractivity contribution >= 4 is 29.4 Å². The molecule has 54 heavy (non-hydrogen) atoms. The van der Waals surface area contributed by atoms with Crippen molar-refractivity contribution < 1.29 is 42.1 Å². The first-order chi connectivity index (χ1) is 25.7. The average Bonchev–Trinajstić information content (AvgIpc) is 3.83. The summed E-state index contributed by atoms with van der Waals surface area (Å²) in [5.74, 6) is 5.66. The number of rotatable bonds is 13. The number of carbonyl (C=O) groups excluding carboxylic acids is 3. The highest BCUT2D eigenvalue weighted by molar-refractivity contribution is 6.31. The minimum absolute atomic E-state index is 0.0105. The molecule has 294 valence electrons. The van der Waals surface area contributed by atoms with E-state index in [-0.39, 0.29) is 42.6 Å². The number of esters is 1. The lowest BCUT2D eigenvalue weighted by Crippen LogP contribution is -2.53. The van der Waals surface area contributed by atoms with Gasteiger partial charge in [-0.3, -0.25) is 14.4 Å². The van der Waals surface area contributed by atoms with Crippen molar-refractivity contribution in [3.8, 4) is 17.2 Å². The van der Waals surface area contributed by atoms with Gasteiger partial charge in [-0.1, -0.05) is 24.4 Å². The molecule has 0 aromatic heterocycles. The minimum Gasteiger partial charge on any atom is -0.497 e. The summed E-state index contributed by atoms with van der Waals surface area (Å²) >= 11 is 6.79. The van der Waals surface area contributed by atoms with Gasteiger partial charge >= 0.3 is 5.97 Å². The normalized spacial score (nSPS) is 23.5. The van der Waals surface area contributed by atoms with Crippen LogP contribution in [-0.2, 0) is 32.1 Å². The zero-order valence-electron chi connectivity index (χ0n) is 31.3. The Labute approximate surface area is 319 Å². The molecule has 2 unspecified atom stereocenters. The third kappa shape index (κ3) is 7.77. The molecule has 4 aliphatic rings. The maximum absolute atomic E-state index is 15.0. The fourth-order valence-corrected chi connectivity index (χ4v) is 8.69. The van der Waals surface area contributed by atoms with Crippen LogP contribution >= 0.6 is 11.6 Å². The van der Waals surface area contributed by atoms with Crippen LogP contribution in [0, 0.1) is 16.7 Å². The first-order valence-electron chi connectivity index (χ1n) is 18.4. The van der Waals surface area contributed by atoms with E-state index in [1.165, 1.54) is 14.2 Å². The number of nitrogens with two attached hydrogens (primary N) is 2. The van der Waals surface area contributed by atoms with E-state index in [2.05, 4.69) is 0 Å². The Bertz CT molecular complexity index is 1790. The van der Waals surface area contributed by atoms with E-state index in [9.17, 15) is 18.4 Å². The van der Waals surface area contributed by atoms with E-state index in [0.29, 0.717) is 65.6 Å². The van der Waals surface area contributed by atoms with Crippen LogP contribution in [0.3, 0.4) is 0 Å². The van der Waals surface area contributed by atoms with Crippen LogP contribution < -0.4 is 25.8 Å². The van der Waals surface area contributed by atoms with Crippen molar-refractivity contribution in [3.63, 3.8) is 0 Å². The van der Waals surface area contributed by atoms with Crippen LogP contribution in [-0.4, -0.2) is 86.5 Å². The molecule has 2 heterocycles. The Morgan fingerprint density at radius 3 is 2.50 bits per heavy atom. The van der Waals surface area contributed by atoms with E-state index in [4.69, 9.17) is 42.1 Å². The van der Waals surface area contributed by atoms with Crippen molar-refractivity contribution in [3.05, 3.63) is 63.4 Å². The van der Waals surface area contributed by atoms with Gasteiger partial charge in [0.2, 0.25) is 11.8 Å².